The van der Waals surface area contributed by atoms with Gasteiger partial charge in [0.2, 0.25) is 0 Å². The average Bonchev–Trinajstić information content (AvgIpc) is 3.00. The number of H-pyrrole nitrogens is 1. The third-order valence-electron chi connectivity index (χ3n) is 4.70. The molecule has 1 N–H and O–H groups in total. The summed E-state index contributed by atoms with van der Waals surface area (Å²) in [5.41, 5.74) is 3.47. The summed E-state index contributed by atoms with van der Waals surface area (Å²) in [6, 6.07) is 7.31. The van der Waals surface area contributed by atoms with E-state index < -0.39 is 0 Å². The third kappa shape index (κ3) is 2.49. The monoisotopic (exact) mass is 301 g/mol. The topological polar surface area (TPSA) is 31.9 Å². The van der Waals surface area contributed by atoms with Crippen LogP contribution in [0.15, 0.2) is 24.4 Å². The molecule has 0 amide bonds. The maximum absolute atomic E-state index is 6.04. The second-order valence-electron chi connectivity index (χ2n) is 6.27. The molecule has 1 atom stereocenters. The molecule has 3 nitrogen and oxygen atoms in total. The molecule has 2 aliphatic rings. The highest BCUT2D eigenvalue weighted by Gasteiger charge is 2.38. The van der Waals surface area contributed by atoms with Crippen molar-refractivity contribution in [3.05, 3.63) is 40.8 Å². The zero-order valence-corrected chi connectivity index (χ0v) is 13.0. The van der Waals surface area contributed by atoms with E-state index in [0.717, 1.165) is 22.6 Å². The van der Waals surface area contributed by atoms with Crippen LogP contribution in [0.25, 0.3) is 11.3 Å². The van der Waals surface area contributed by atoms with Crippen molar-refractivity contribution in [2.75, 3.05) is 6.54 Å². The van der Waals surface area contributed by atoms with Crippen LogP contribution in [-0.4, -0.2) is 27.5 Å². The number of aromatic amines is 1. The van der Waals surface area contributed by atoms with Crippen LogP contribution < -0.4 is 0 Å². The number of hydrogen-bond donors (Lipinski definition) is 1. The highest BCUT2D eigenvalue weighted by molar-refractivity contribution is 6.30. The summed E-state index contributed by atoms with van der Waals surface area (Å²) in [6.07, 6.45) is 7.20. The van der Waals surface area contributed by atoms with E-state index >= 15 is 0 Å². The van der Waals surface area contributed by atoms with Gasteiger partial charge >= 0.3 is 0 Å². The molecule has 110 valence electrons. The van der Waals surface area contributed by atoms with Crippen LogP contribution in [0, 0.1) is 6.92 Å². The maximum Gasteiger partial charge on any atom is 0.123 e. The summed E-state index contributed by atoms with van der Waals surface area (Å²) in [7, 11) is 0. The predicted octanol–water partition coefficient (Wildman–Crippen LogP) is 4.34. The smallest absolute Gasteiger partial charge is 0.123 e. The van der Waals surface area contributed by atoms with Gasteiger partial charge in [0.05, 0.1) is 17.9 Å². The number of aromatic nitrogens is 2. The Hall–Kier alpha value is -1.32. The Morgan fingerprint density at radius 2 is 2.14 bits per heavy atom. The lowest BCUT2D eigenvalue weighted by Gasteiger charge is -2.22. The number of hydrogen-bond acceptors (Lipinski definition) is 2. The molecule has 0 radical (unpaired) electrons. The van der Waals surface area contributed by atoms with E-state index in [2.05, 4.69) is 27.9 Å². The molecule has 2 aromatic rings. The van der Waals surface area contributed by atoms with Gasteiger partial charge in [0.15, 0.2) is 0 Å². The largest absolute Gasteiger partial charge is 0.341 e. The normalized spacial score (nSPS) is 22.9. The molecule has 2 fully saturated rings. The van der Waals surface area contributed by atoms with Crippen molar-refractivity contribution in [3.8, 4) is 11.3 Å². The average molecular weight is 302 g/mol. The fourth-order valence-electron chi connectivity index (χ4n) is 3.50. The fraction of sp³-hybridized carbons (Fsp3) is 0.471. The van der Waals surface area contributed by atoms with E-state index in [9.17, 15) is 0 Å². The molecule has 1 aliphatic heterocycles. The van der Waals surface area contributed by atoms with Crippen LogP contribution in [0.2, 0.25) is 5.02 Å². The molecular formula is C17H20ClN3. The lowest BCUT2D eigenvalue weighted by atomic mass is 10.1. The van der Waals surface area contributed by atoms with Crippen LogP contribution in [0.3, 0.4) is 0 Å². The van der Waals surface area contributed by atoms with Crippen LogP contribution >= 0.6 is 11.6 Å². The number of benzene rings is 1. The minimum absolute atomic E-state index is 0.485. The second kappa shape index (κ2) is 5.15. The number of nitrogens with one attached hydrogen (secondary N) is 1. The number of likely N-dealkylation sites (tertiary alicyclic amines) is 1. The van der Waals surface area contributed by atoms with Gasteiger partial charge in [-0.25, -0.2) is 4.98 Å². The molecule has 2 heterocycles. The molecule has 1 unspecified atom stereocenters. The summed E-state index contributed by atoms with van der Waals surface area (Å²) in [6.45, 7) is 3.32. The number of aryl methyl sites for hydroxylation is 1. The van der Waals surface area contributed by atoms with E-state index in [1.54, 1.807) is 0 Å². The van der Waals surface area contributed by atoms with Gasteiger partial charge in [0.25, 0.3) is 0 Å². The van der Waals surface area contributed by atoms with Crippen LogP contribution in [0.5, 0.6) is 0 Å². The van der Waals surface area contributed by atoms with Crippen molar-refractivity contribution in [1.82, 2.24) is 14.9 Å². The molecule has 0 spiro atoms. The van der Waals surface area contributed by atoms with Crippen LogP contribution in [0.4, 0.5) is 0 Å². The van der Waals surface area contributed by atoms with Gasteiger partial charge in [0.1, 0.15) is 5.82 Å². The second-order valence-corrected chi connectivity index (χ2v) is 6.70. The van der Waals surface area contributed by atoms with Gasteiger partial charge in [-0.15, -0.1) is 0 Å². The molecule has 1 aromatic heterocycles. The first-order valence-electron chi connectivity index (χ1n) is 7.79. The van der Waals surface area contributed by atoms with Crippen molar-refractivity contribution in [2.24, 2.45) is 0 Å². The van der Waals surface area contributed by atoms with Gasteiger partial charge in [-0.3, -0.25) is 4.90 Å². The molecule has 1 aliphatic carbocycles. The Morgan fingerprint density at radius 1 is 1.29 bits per heavy atom. The molecule has 21 heavy (non-hydrogen) atoms. The molecular weight excluding hydrogens is 282 g/mol. The van der Waals surface area contributed by atoms with E-state index in [0.29, 0.717) is 6.04 Å². The Labute approximate surface area is 130 Å². The summed E-state index contributed by atoms with van der Waals surface area (Å²) in [5.74, 6) is 1.13. The van der Waals surface area contributed by atoms with Gasteiger partial charge in [-0.1, -0.05) is 17.7 Å². The highest BCUT2D eigenvalue weighted by atomic mass is 35.5. The van der Waals surface area contributed by atoms with E-state index in [-0.39, 0.29) is 0 Å². The summed E-state index contributed by atoms with van der Waals surface area (Å²) >= 11 is 6.04. The lowest BCUT2D eigenvalue weighted by molar-refractivity contribution is 0.239. The summed E-state index contributed by atoms with van der Waals surface area (Å²) in [5, 5.41) is 0.784. The highest BCUT2D eigenvalue weighted by Crippen LogP contribution is 2.40. The third-order valence-corrected chi connectivity index (χ3v) is 4.93. The minimum atomic E-state index is 0.485. The van der Waals surface area contributed by atoms with Crippen molar-refractivity contribution in [1.29, 1.82) is 0 Å². The van der Waals surface area contributed by atoms with Crippen LogP contribution in [-0.2, 0) is 0 Å². The zero-order chi connectivity index (χ0) is 14.4. The Bertz CT molecular complexity index is 660. The molecule has 1 saturated heterocycles. The SMILES string of the molecule is Cc1cc(Cl)ccc1-c1cnc(C2CCCN2C2CC2)[nH]1. The fourth-order valence-corrected chi connectivity index (χ4v) is 3.72. The number of nitrogens with zero attached hydrogens (tertiary/aromatic N) is 2. The van der Waals surface area contributed by atoms with Crippen molar-refractivity contribution < 1.29 is 0 Å². The predicted molar refractivity (Wildman–Crippen MR) is 85.5 cm³/mol. The quantitative estimate of drug-likeness (QED) is 0.914. The van der Waals surface area contributed by atoms with Gasteiger partial charge in [-0.05, 0) is 56.8 Å². The van der Waals surface area contributed by atoms with E-state index in [1.807, 2.05) is 18.3 Å². The maximum atomic E-state index is 6.04. The van der Waals surface area contributed by atoms with Crippen molar-refractivity contribution in [2.45, 2.75) is 44.7 Å². The molecule has 4 heteroatoms. The van der Waals surface area contributed by atoms with Crippen LogP contribution in [0.1, 0.15) is 43.1 Å². The number of imidazole rings is 1. The van der Waals surface area contributed by atoms with Gasteiger partial charge in [0, 0.05) is 16.6 Å². The summed E-state index contributed by atoms with van der Waals surface area (Å²) in [4.78, 5) is 10.9. The molecule has 0 bridgehead atoms. The van der Waals surface area contributed by atoms with Gasteiger partial charge < -0.3 is 4.98 Å². The van der Waals surface area contributed by atoms with Crippen molar-refractivity contribution >= 4 is 11.6 Å². The molecule has 4 rings (SSSR count). The van der Waals surface area contributed by atoms with E-state index in [4.69, 9.17) is 11.6 Å². The minimum Gasteiger partial charge on any atom is -0.341 e. The lowest BCUT2D eigenvalue weighted by Crippen LogP contribution is -2.26. The Kier molecular flexibility index (Phi) is 3.27. The molecule has 1 saturated carbocycles. The Morgan fingerprint density at radius 3 is 2.90 bits per heavy atom. The first-order valence-corrected chi connectivity index (χ1v) is 8.17. The number of rotatable bonds is 3. The standard InChI is InChI=1S/C17H20ClN3/c1-11-9-12(18)4-7-14(11)15-10-19-17(20-15)16-3-2-8-21(16)13-5-6-13/h4,7,9-10,13,16H,2-3,5-6,8H2,1H3,(H,19,20). The molecule has 1 aromatic carbocycles. The summed E-state index contributed by atoms with van der Waals surface area (Å²) < 4.78 is 0. The van der Waals surface area contributed by atoms with Crippen molar-refractivity contribution in [3.63, 3.8) is 0 Å². The van der Waals surface area contributed by atoms with Gasteiger partial charge in [-0.2, -0.15) is 0 Å². The zero-order valence-electron chi connectivity index (χ0n) is 12.3. The Balaban J connectivity index is 1.63. The first kappa shape index (κ1) is 13.4. The van der Waals surface area contributed by atoms with E-state index in [1.165, 1.54) is 43.4 Å². The number of halogens is 1. The first-order chi connectivity index (χ1) is 10.2.